The molecule has 0 heterocycles. The normalized spacial score (nSPS) is 14.8. The van der Waals surface area contributed by atoms with Gasteiger partial charge >= 0.3 is 5.97 Å². The third kappa shape index (κ3) is 7.83. The van der Waals surface area contributed by atoms with Gasteiger partial charge in [-0.2, -0.15) is 4.31 Å². The zero-order chi connectivity index (χ0) is 29.8. The van der Waals surface area contributed by atoms with E-state index in [4.69, 9.17) is 5.11 Å². The molecule has 1 aliphatic carbocycles. The SMILES string of the molecule is Cc1cc(S(=O)(=O)N(C)C[C@H](O)CNC(C)(C)CC2Cc3ccccc3C2)ccc1-c1ccccc1CCC(=O)O. The highest BCUT2D eigenvalue weighted by atomic mass is 32.2. The Bertz CT molecular complexity index is 1460. The van der Waals surface area contributed by atoms with Gasteiger partial charge in [0.2, 0.25) is 10.0 Å². The van der Waals surface area contributed by atoms with Crippen LogP contribution in [0.5, 0.6) is 0 Å². The number of carboxylic acids is 1. The lowest BCUT2D eigenvalue weighted by Gasteiger charge is -2.31. The van der Waals surface area contributed by atoms with Crippen molar-refractivity contribution < 1.29 is 23.4 Å². The minimum Gasteiger partial charge on any atom is -0.481 e. The first-order valence-electron chi connectivity index (χ1n) is 14.2. The average Bonchev–Trinajstić information content (AvgIpc) is 3.32. The van der Waals surface area contributed by atoms with Crippen LogP contribution in [0.25, 0.3) is 11.1 Å². The highest BCUT2D eigenvalue weighted by Crippen LogP contribution is 2.32. The molecule has 8 heteroatoms. The number of aliphatic hydroxyl groups is 1. The van der Waals surface area contributed by atoms with Crippen LogP contribution in [0.15, 0.2) is 71.6 Å². The Kier molecular flexibility index (Phi) is 9.70. The fourth-order valence-corrected chi connectivity index (χ4v) is 7.26. The molecule has 4 rings (SSSR count). The van der Waals surface area contributed by atoms with Crippen LogP contribution in [0.3, 0.4) is 0 Å². The van der Waals surface area contributed by atoms with Crippen molar-refractivity contribution in [3.05, 3.63) is 89.0 Å². The Labute approximate surface area is 244 Å². The summed E-state index contributed by atoms with van der Waals surface area (Å²) in [6.45, 7) is 6.38. The van der Waals surface area contributed by atoms with E-state index in [1.807, 2.05) is 31.2 Å². The number of aliphatic hydroxyl groups excluding tert-OH is 1. The molecule has 0 aromatic heterocycles. The molecular weight excluding hydrogens is 536 g/mol. The van der Waals surface area contributed by atoms with E-state index in [2.05, 4.69) is 43.4 Å². The first kappa shape index (κ1) is 30.9. The first-order valence-corrected chi connectivity index (χ1v) is 15.7. The molecule has 3 N–H and O–H groups in total. The van der Waals surface area contributed by atoms with Crippen LogP contribution in [0.4, 0.5) is 0 Å². The molecule has 0 amide bonds. The molecule has 0 saturated heterocycles. The molecule has 3 aromatic carbocycles. The summed E-state index contributed by atoms with van der Waals surface area (Å²) in [6.07, 6.45) is 2.65. The molecule has 1 aliphatic rings. The lowest BCUT2D eigenvalue weighted by molar-refractivity contribution is -0.136. The maximum Gasteiger partial charge on any atom is 0.303 e. The summed E-state index contributed by atoms with van der Waals surface area (Å²) >= 11 is 0. The quantitative estimate of drug-likeness (QED) is 0.268. The molecule has 220 valence electrons. The smallest absolute Gasteiger partial charge is 0.303 e. The van der Waals surface area contributed by atoms with Gasteiger partial charge in [-0.15, -0.1) is 0 Å². The predicted octanol–water partition coefficient (Wildman–Crippen LogP) is 4.83. The van der Waals surface area contributed by atoms with Gasteiger partial charge in [0.25, 0.3) is 0 Å². The number of fused-ring (bicyclic) bond motifs is 1. The molecule has 0 spiro atoms. The van der Waals surface area contributed by atoms with E-state index in [9.17, 15) is 18.3 Å². The molecule has 0 unspecified atom stereocenters. The summed E-state index contributed by atoms with van der Waals surface area (Å²) in [4.78, 5) is 11.2. The molecular formula is C33H42N2O5S. The largest absolute Gasteiger partial charge is 0.481 e. The van der Waals surface area contributed by atoms with Crippen LogP contribution in [-0.4, -0.2) is 60.7 Å². The van der Waals surface area contributed by atoms with Gasteiger partial charge in [-0.25, -0.2) is 8.42 Å². The van der Waals surface area contributed by atoms with Gasteiger partial charge in [0.15, 0.2) is 0 Å². The third-order valence-corrected chi connectivity index (χ3v) is 9.86. The van der Waals surface area contributed by atoms with Crippen molar-refractivity contribution >= 4 is 16.0 Å². The molecule has 0 radical (unpaired) electrons. The predicted molar refractivity (Wildman–Crippen MR) is 162 cm³/mol. The first-order chi connectivity index (χ1) is 19.4. The zero-order valence-corrected chi connectivity index (χ0v) is 25.2. The number of hydrogen-bond donors (Lipinski definition) is 3. The van der Waals surface area contributed by atoms with Crippen LogP contribution in [0.2, 0.25) is 0 Å². The number of sulfonamides is 1. The second-order valence-electron chi connectivity index (χ2n) is 12.0. The van der Waals surface area contributed by atoms with Crippen molar-refractivity contribution in [3.8, 4) is 11.1 Å². The van der Waals surface area contributed by atoms with Crippen LogP contribution < -0.4 is 5.32 Å². The van der Waals surface area contributed by atoms with Gasteiger partial charge in [0, 0.05) is 32.1 Å². The fraction of sp³-hybridized carbons (Fsp3) is 0.424. The molecule has 0 fully saturated rings. The van der Waals surface area contributed by atoms with E-state index in [-0.39, 0.29) is 29.9 Å². The molecule has 3 aromatic rings. The third-order valence-electron chi connectivity index (χ3n) is 8.04. The van der Waals surface area contributed by atoms with Crippen molar-refractivity contribution in [3.63, 3.8) is 0 Å². The maximum atomic E-state index is 13.4. The number of rotatable bonds is 13. The monoisotopic (exact) mass is 578 g/mol. The molecule has 0 saturated carbocycles. The number of benzene rings is 3. The summed E-state index contributed by atoms with van der Waals surface area (Å²) in [6, 6.07) is 21.2. The molecule has 0 bridgehead atoms. The zero-order valence-electron chi connectivity index (χ0n) is 24.4. The van der Waals surface area contributed by atoms with Crippen LogP contribution in [0.1, 0.15) is 48.9 Å². The highest BCUT2D eigenvalue weighted by molar-refractivity contribution is 7.89. The van der Waals surface area contributed by atoms with E-state index in [0.717, 1.165) is 41.5 Å². The van der Waals surface area contributed by atoms with Crippen LogP contribution >= 0.6 is 0 Å². The summed E-state index contributed by atoms with van der Waals surface area (Å²) < 4.78 is 28.0. The summed E-state index contributed by atoms with van der Waals surface area (Å²) in [5, 5.41) is 23.3. The number of carbonyl (C=O) groups is 1. The average molecular weight is 579 g/mol. The lowest BCUT2D eigenvalue weighted by atomic mass is 9.88. The summed E-state index contributed by atoms with van der Waals surface area (Å²) in [7, 11) is -2.33. The van der Waals surface area contributed by atoms with Crippen molar-refractivity contribution in [2.45, 2.75) is 69.4 Å². The van der Waals surface area contributed by atoms with Crippen LogP contribution in [0, 0.1) is 12.8 Å². The van der Waals surface area contributed by atoms with Crippen LogP contribution in [-0.2, 0) is 34.1 Å². The Morgan fingerprint density at radius 2 is 1.66 bits per heavy atom. The number of carboxylic acid groups (broad SMARTS) is 1. The Hall–Kier alpha value is -3.04. The van der Waals surface area contributed by atoms with Gasteiger partial charge in [-0.3, -0.25) is 4.79 Å². The Morgan fingerprint density at radius 1 is 1.02 bits per heavy atom. The minimum atomic E-state index is -3.82. The van der Waals surface area contributed by atoms with E-state index in [0.29, 0.717) is 12.3 Å². The minimum absolute atomic E-state index is 0.0243. The number of β-amino-alcohol motifs (C(OH)–C–C–N with tert-alkyl or cyclic N) is 1. The van der Waals surface area contributed by atoms with Gasteiger partial charge in [0.1, 0.15) is 0 Å². The molecule has 41 heavy (non-hydrogen) atoms. The maximum absolute atomic E-state index is 13.4. The van der Waals surface area contributed by atoms with Crippen molar-refractivity contribution in [2.24, 2.45) is 5.92 Å². The van der Waals surface area contributed by atoms with E-state index >= 15 is 0 Å². The highest BCUT2D eigenvalue weighted by Gasteiger charge is 2.29. The van der Waals surface area contributed by atoms with Gasteiger partial charge < -0.3 is 15.5 Å². The van der Waals surface area contributed by atoms with Gasteiger partial charge in [0.05, 0.1) is 11.0 Å². The van der Waals surface area contributed by atoms with Crippen molar-refractivity contribution in [1.29, 1.82) is 0 Å². The van der Waals surface area contributed by atoms with E-state index in [1.165, 1.54) is 22.5 Å². The summed E-state index contributed by atoms with van der Waals surface area (Å²) in [5.74, 6) is -0.313. The second-order valence-corrected chi connectivity index (χ2v) is 14.0. The molecule has 0 aliphatic heterocycles. The van der Waals surface area contributed by atoms with Gasteiger partial charge in [-0.05, 0) is 97.9 Å². The summed E-state index contributed by atoms with van der Waals surface area (Å²) in [5.41, 5.74) is 6.09. The number of likely N-dealkylation sites (N-methyl/N-ethyl adjacent to an activating group) is 1. The Morgan fingerprint density at radius 3 is 2.29 bits per heavy atom. The molecule has 7 nitrogen and oxygen atoms in total. The van der Waals surface area contributed by atoms with Crippen molar-refractivity contribution in [1.82, 2.24) is 9.62 Å². The number of aliphatic carboxylic acids is 1. The Balaban J connectivity index is 1.35. The molecule has 1 atom stereocenters. The number of hydrogen-bond acceptors (Lipinski definition) is 5. The number of aryl methyl sites for hydroxylation is 2. The number of nitrogens with one attached hydrogen (secondary N) is 1. The number of nitrogens with zero attached hydrogens (tertiary/aromatic N) is 1. The fourth-order valence-electron chi connectivity index (χ4n) is 5.96. The van der Waals surface area contributed by atoms with Crippen molar-refractivity contribution in [2.75, 3.05) is 20.1 Å². The van der Waals surface area contributed by atoms with E-state index in [1.54, 1.807) is 18.2 Å². The second kappa shape index (κ2) is 12.9. The van der Waals surface area contributed by atoms with Gasteiger partial charge in [-0.1, -0.05) is 54.6 Å². The standard InChI is InChI=1S/C33H42N2O5S/c1-23-17-29(14-15-30(23)31-12-8-7-9-25(31)13-16-32(37)38)41(39,40)35(4)22-28(36)21-34-33(2,3)20-24-18-26-10-5-6-11-27(26)19-24/h5-12,14-15,17,24,28,34,36H,13,16,18-22H2,1-4H3,(H,37,38)/t28-/m1/s1. The lowest BCUT2D eigenvalue weighted by Crippen LogP contribution is -2.47. The topological polar surface area (TPSA) is 107 Å². The van der Waals surface area contributed by atoms with E-state index < -0.39 is 22.1 Å².